The van der Waals surface area contributed by atoms with Crippen molar-refractivity contribution in [1.29, 1.82) is 0 Å². The van der Waals surface area contributed by atoms with Crippen LogP contribution < -0.4 is 0 Å². The van der Waals surface area contributed by atoms with Gasteiger partial charge in [-0.15, -0.1) is 0 Å². The maximum Gasteiger partial charge on any atom is 0.171 e. The summed E-state index contributed by atoms with van der Waals surface area (Å²) < 4.78 is 0. The van der Waals surface area contributed by atoms with Crippen molar-refractivity contribution in [1.82, 2.24) is 39.2 Å². The molecule has 0 aromatic heterocycles. The summed E-state index contributed by atoms with van der Waals surface area (Å²) in [4.78, 5) is 18.7. The maximum absolute atomic E-state index is 5.45. The van der Waals surface area contributed by atoms with E-state index in [1.54, 1.807) is 0 Å². The van der Waals surface area contributed by atoms with E-state index in [0.717, 1.165) is 125 Å². The average molecular weight is 996 g/mol. The molecule has 4 rings (SSSR count). The Balaban J connectivity index is 0.000000676. The summed E-state index contributed by atoms with van der Waals surface area (Å²) in [5, 5.41) is 4.28. The van der Waals surface area contributed by atoms with E-state index in [9.17, 15) is 0 Å². The molecule has 314 valence electrons. The molecular weight excluding hydrogens is 916 g/mol. The molecule has 53 heavy (non-hydrogen) atoms. The van der Waals surface area contributed by atoms with Crippen LogP contribution in [0.4, 0.5) is 0 Å². The standard InChI is InChI=1S/4C10H20N2S.Pt/c4*1-3-7-12-9-6-5-8-11(4-2)10(12)13;/h4*3-9H2,1-2H3;. The fourth-order valence-electron chi connectivity index (χ4n) is 7.07. The van der Waals surface area contributed by atoms with E-state index in [0.29, 0.717) is 0 Å². The Bertz CT molecular complexity index is 840. The van der Waals surface area contributed by atoms with Crippen LogP contribution in [-0.4, -0.2) is 164 Å². The molecule has 0 aliphatic carbocycles. The van der Waals surface area contributed by atoms with Crippen molar-refractivity contribution in [3.8, 4) is 0 Å². The Labute approximate surface area is 364 Å². The second-order valence-electron chi connectivity index (χ2n) is 14.2. The van der Waals surface area contributed by atoms with Crippen LogP contribution in [0.5, 0.6) is 0 Å². The third-order valence-corrected chi connectivity index (χ3v) is 12.2. The molecule has 0 atom stereocenters. The molecule has 0 amide bonds. The molecule has 4 aliphatic heterocycles. The van der Waals surface area contributed by atoms with Crippen molar-refractivity contribution >= 4 is 69.3 Å². The minimum absolute atomic E-state index is 0. The minimum Gasteiger partial charge on any atom is -0.349 e. The fourth-order valence-corrected chi connectivity index (χ4v) is 8.68. The molecular formula is C40H80N8PtS4. The van der Waals surface area contributed by atoms with Crippen LogP contribution in [0.1, 0.15) is 132 Å². The molecule has 4 aliphatic rings. The Morgan fingerprint density at radius 2 is 0.453 bits per heavy atom. The molecule has 0 aromatic carbocycles. The van der Waals surface area contributed by atoms with Gasteiger partial charge < -0.3 is 39.2 Å². The van der Waals surface area contributed by atoms with Gasteiger partial charge >= 0.3 is 0 Å². The van der Waals surface area contributed by atoms with E-state index in [-0.39, 0.29) is 21.1 Å². The molecule has 0 radical (unpaired) electrons. The number of hydrogen-bond donors (Lipinski definition) is 0. The van der Waals surface area contributed by atoms with E-state index < -0.39 is 0 Å². The monoisotopic (exact) mass is 996 g/mol. The topological polar surface area (TPSA) is 25.9 Å². The Kier molecular flexibility index (Phi) is 32.2. The summed E-state index contributed by atoms with van der Waals surface area (Å²) in [6, 6.07) is 0. The van der Waals surface area contributed by atoms with Gasteiger partial charge in [-0.2, -0.15) is 0 Å². The predicted octanol–water partition coefficient (Wildman–Crippen LogP) is 8.39. The van der Waals surface area contributed by atoms with Crippen molar-refractivity contribution in [2.24, 2.45) is 0 Å². The number of hydrogen-bond acceptors (Lipinski definition) is 4. The van der Waals surface area contributed by atoms with E-state index in [4.69, 9.17) is 48.9 Å². The van der Waals surface area contributed by atoms with E-state index in [2.05, 4.69) is 94.6 Å². The van der Waals surface area contributed by atoms with Gasteiger partial charge in [0.1, 0.15) is 0 Å². The van der Waals surface area contributed by atoms with Gasteiger partial charge in [0.2, 0.25) is 0 Å². The summed E-state index contributed by atoms with van der Waals surface area (Å²) in [6.45, 7) is 35.5. The van der Waals surface area contributed by atoms with Gasteiger partial charge in [0.05, 0.1) is 0 Å². The van der Waals surface area contributed by atoms with Crippen LogP contribution in [0.3, 0.4) is 0 Å². The quantitative estimate of drug-likeness (QED) is 0.176. The van der Waals surface area contributed by atoms with E-state index >= 15 is 0 Å². The predicted molar refractivity (Wildman–Crippen MR) is 244 cm³/mol. The van der Waals surface area contributed by atoms with Gasteiger partial charge in [0, 0.05) is 126 Å². The van der Waals surface area contributed by atoms with Crippen LogP contribution in [0.25, 0.3) is 0 Å². The van der Waals surface area contributed by atoms with Crippen molar-refractivity contribution in [3.05, 3.63) is 0 Å². The first-order chi connectivity index (χ1) is 25.2. The van der Waals surface area contributed by atoms with Crippen LogP contribution in [0.15, 0.2) is 0 Å². The van der Waals surface area contributed by atoms with Crippen LogP contribution >= 0.6 is 48.9 Å². The van der Waals surface area contributed by atoms with Crippen molar-refractivity contribution in [3.63, 3.8) is 0 Å². The molecule has 4 saturated heterocycles. The Morgan fingerprint density at radius 1 is 0.302 bits per heavy atom. The molecule has 0 saturated carbocycles. The molecule has 0 spiro atoms. The molecule has 0 bridgehead atoms. The Morgan fingerprint density at radius 3 is 0.585 bits per heavy atom. The number of rotatable bonds is 12. The third kappa shape index (κ3) is 19.9. The van der Waals surface area contributed by atoms with Crippen molar-refractivity contribution < 1.29 is 21.1 Å². The Hall–Kier alpha value is -0.552. The molecule has 8 nitrogen and oxygen atoms in total. The molecule has 0 aromatic rings. The van der Waals surface area contributed by atoms with Gasteiger partial charge in [-0.3, -0.25) is 0 Å². The second-order valence-corrected chi connectivity index (χ2v) is 15.7. The SMILES string of the molecule is CCCN1CCCCN(CC)C1=S.CCCN1CCCCN(CC)C1=S.CCCN1CCCCN(CC)C1=S.CCCN1CCCCN(CC)C1=S.[Pt]. The minimum atomic E-state index is 0. The smallest absolute Gasteiger partial charge is 0.171 e. The first-order valence-electron chi connectivity index (χ1n) is 21.3. The van der Waals surface area contributed by atoms with Crippen molar-refractivity contribution in [2.45, 2.75) is 132 Å². The van der Waals surface area contributed by atoms with Gasteiger partial charge in [-0.05, 0) is 154 Å². The second kappa shape index (κ2) is 32.5. The van der Waals surface area contributed by atoms with Crippen LogP contribution in [0, 0.1) is 0 Å². The molecule has 4 fully saturated rings. The summed E-state index contributed by atoms with van der Waals surface area (Å²) >= 11 is 21.8. The van der Waals surface area contributed by atoms with Gasteiger partial charge in [0.25, 0.3) is 0 Å². The largest absolute Gasteiger partial charge is 0.349 e. The van der Waals surface area contributed by atoms with Gasteiger partial charge in [-0.1, -0.05) is 27.7 Å². The third-order valence-electron chi connectivity index (χ3n) is 10.1. The zero-order valence-electron chi connectivity index (χ0n) is 35.3. The van der Waals surface area contributed by atoms with E-state index in [1.807, 2.05) is 0 Å². The number of thiocarbonyl (C=S) groups is 4. The maximum atomic E-state index is 5.45. The van der Waals surface area contributed by atoms with Crippen molar-refractivity contribution in [2.75, 3.05) is 105 Å². The van der Waals surface area contributed by atoms with Crippen LogP contribution in [-0.2, 0) is 21.1 Å². The number of nitrogens with zero attached hydrogens (tertiary/aromatic N) is 8. The van der Waals surface area contributed by atoms with Gasteiger partial charge in [0.15, 0.2) is 20.4 Å². The fraction of sp³-hybridized carbons (Fsp3) is 0.900. The van der Waals surface area contributed by atoms with E-state index in [1.165, 1.54) is 77.0 Å². The summed E-state index contributed by atoms with van der Waals surface area (Å²) in [7, 11) is 0. The molecule has 4 heterocycles. The summed E-state index contributed by atoms with van der Waals surface area (Å²) in [6.07, 6.45) is 15.1. The molecule has 0 unspecified atom stereocenters. The zero-order valence-corrected chi connectivity index (χ0v) is 40.9. The first kappa shape index (κ1) is 52.4. The molecule has 13 heteroatoms. The summed E-state index contributed by atoms with van der Waals surface area (Å²) in [5.41, 5.74) is 0. The average Bonchev–Trinajstić information content (AvgIpc) is 3.61. The normalized spacial score (nSPS) is 18.7. The summed E-state index contributed by atoms with van der Waals surface area (Å²) in [5.74, 6) is 0. The first-order valence-corrected chi connectivity index (χ1v) is 23.0. The molecule has 0 N–H and O–H groups in total. The zero-order chi connectivity index (χ0) is 38.7. The van der Waals surface area contributed by atoms with Gasteiger partial charge in [-0.25, -0.2) is 0 Å². The van der Waals surface area contributed by atoms with Crippen LogP contribution in [0.2, 0.25) is 0 Å².